The molecule has 0 bridgehead atoms. The monoisotopic (exact) mass is 472 g/mol. The Morgan fingerprint density at radius 2 is 1.90 bits per heavy atom. The van der Waals surface area contributed by atoms with Crippen LogP contribution < -0.4 is 15.0 Å². The first-order valence-corrected chi connectivity index (χ1v) is 10.1. The highest BCUT2D eigenvalue weighted by atomic mass is 79.9. The summed E-state index contributed by atoms with van der Waals surface area (Å²) in [6.45, 7) is 4.87. The van der Waals surface area contributed by atoms with Crippen molar-refractivity contribution in [2.45, 2.75) is 26.8 Å². The van der Waals surface area contributed by atoms with Gasteiger partial charge in [0.05, 0.1) is 23.9 Å². The van der Waals surface area contributed by atoms with E-state index in [1.807, 2.05) is 6.07 Å². The van der Waals surface area contributed by atoms with Crippen LogP contribution in [0.15, 0.2) is 64.3 Å². The summed E-state index contributed by atoms with van der Waals surface area (Å²) in [6, 6.07) is 12.7. The van der Waals surface area contributed by atoms with E-state index >= 15 is 0 Å². The largest absolute Gasteiger partial charge is 0.463 e. The molecule has 7 nitrogen and oxygen atoms in total. The van der Waals surface area contributed by atoms with Gasteiger partial charge in [0.1, 0.15) is 5.75 Å². The highest BCUT2D eigenvalue weighted by molar-refractivity contribution is 9.10. The first kappa shape index (κ1) is 21.6. The topological polar surface area (TPSA) is 84.9 Å². The van der Waals surface area contributed by atoms with E-state index in [1.165, 1.54) is 11.8 Å². The van der Waals surface area contributed by atoms with Gasteiger partial charge >= 0.3 is 18.0 Å². The predicted molar refractivity (Wildman–Crippen MR) is 115 cm³/mol. The van der Waals surface area contributed by atoms with Gasteiger partial charge in [0.25, 0.3) is 0 Å². The number of anilines is 1. The highest BCUT2D eigenvalue weighted by Crippen LogP contribution is 2.38. The van der Waals surface area contributed by atoms with Crippen LogP contribution in [0.2, 0.25) is 0 Å². The Labute approximate surface area is 182 Å². The summed E-state index contributed by atoms with van der Waals surface area (Å²) in [5.41, 5.74) is 1.76. The average Bonchev–Trinajstić information content (AvgIpc) is 2.67. The van der Waals surface area contributed by atoms with Gasteiger partial charge in [-0.3, -0.25) is 9.69 Å². The van der Waals surface area contributed by atoms with Crippen molar-refractivity contribution in [3.8, 4) is 5.75 Å². The molecule has 3 rings (SSSR count). The van der Waals surface area contributed by atoms with Crippen LogP contribution in [-0.4, -0.2) is 24.6 Å². The predicted octanol–water partition coefficient (Wildman–Crippen LogP) is 4.48. The molecular weight excluding hydrogens is 452 g/mol. The zero-order chi connectivity index (χ0) is 21.8. The van der Waals surface area contributed by atoms with Crippen LogP contribution in [0.5, 0.6) is 5.75 Å². The molecule has 0 saturated heterocycles. The van der Waals surface area contributed by atoms with Crippen LogP contribution >= 0.6 is 15.9 Å². The van der Waals surface area contributed by atoms with Crippen LogP contribution in [0.4, 0.5) is 10.5 Å². The lowest BCUT2D eigenvalue weighted by molar-refractivity contribution is -0.139. The number of carbonyl (C=O) groups is 3. The number of urea groups is 1. The molecule has 0 aromatic heterocycles. The quantitative estimate of drug-likeness (QED) is 0.511. The summed E-state index contributed by atoms with van der Waals surface area (Å²) in [4.78, 5) is 38.9. The van der Waals surface area contributed by atoms with E-state index in [2.05, 4.69) is 21.2 Å². The van der Waals surface area contributed by atoms with Crippen molar-refractivity contribution in [2.75, 3.05) is 11.5 Å². The van der Waals surface area contributed by atoms with Crippen molar-refractivity contribution in [3.63, 3.8) is 0 Å². The number of hydrogen-bond acceptors (Lipinski definition) is 5. The van der Waals surface area contributed by atoms with Crippen LogP contribution in [0.3, 0.4) is 0 Å². The van der Waals surface area contributed by atoms with Gasteiger partial charge in [-0.25, -0.2) is 9.59 Å². The number of carbonyl (C=O) groups excluding carboxylic acids is 3. The minimum atomic E-state index is -0.837. The summed E-state index contributed by atoms with van der Waals surface area (Å²) in [5, 5.41) is 2.86. The summed E-state index contributed by atoms with van der Waals surface area (Å²) in [7, 11) is 0. The number of ether oxygens (including phenoxy) is 2. The molecule has 2 amide bonds. The zero-order valence-corrected chi connectivity index (χ0v) is 18.4. The summed E-state index contributed by atoms with van der Waals surface area (Å²) in [6.07, 6.45) is 0. The third-order valence-electron chi connectivity index (χ3n) is 4.53. The Hall–Kier alpha value is -3.13. The van der Waals surface area contributed by atoms with E-state index < -0.39 is 24.0 Å². The number of amides is 2. The van der Waals surface area contributed by atoms with E-state index in [1.54, 1.807) is 56.3 Å². The third-order valence-corrected chi connectivity index (χ3v) is 5.02. The second-order valence-corrected chi connectivity index (χ2v) is 7.46. The molecule has 1 atom stereocenters. The summed E-state index contributed by atoms with van der Waals surface area (Å²) in [5.74, 6) is -0.794. The molecule has 0 spiro atoms. The molecule has 2 aromatic rings. The number of nitrogens with zero attached hydrogens (tertiary/aromatic N) is 1. The van der Waals surface area contributed by atoms with Crippen molar-refractivity contribution in [2.24, 2.45) is 0 Å². The third kappa shape index (κ3) is 4.38. The lowest BCUT2D eigenvalue weighted by Crippen LogP contribution is -2.48. The van der Waals surface area contributed by atoms with Crippen molar-refractivity contribution < 1.29 is 23.9 Å². The molecule has 1 aliphatic rings. The molecule has 0 saturated carbocycles. The number of nitrogens with one attached hydrogen (secondary N) is 1. The number of para-hydroxylation sites is 1. The van der Waals surface area contributed by atoms with Crippen LogP contribution in [-0.2, 0) is 14.3 Å². The maximum Gasteiger partial charge on any atom is 0.338 e. The molecule has 156 valence electrons. The van der Waals surface area contributed by atoms with Crippen molar-refractivity contribution >= 4 is 39.6 Å². The van der Waals surface area contributed by atoms with Gasteiger partial charge in [-0.15, -0.1) is 0 Å². The highest BCUT2D eigenvalue weighted by Gasteiger charge is 2.38. The second-order valence-electron chi connectivity index (χ2n) is 6.55. The first-order valence-electron chi connectivity index (χ1n) is 9.35. The minimum absolute atomic E-state index is 0.179. The van der Waals surface area contributed by atoms with Crippen molar-refractivity contribution in [1.82, 2.24) is 5.32 Å². The Bertz CT molecular complexity index is 1030. The van der Waals surface area contributed by atoms with Gasteiger partial charge < -0.3 is 14.8 Å². The molecule has 1 unspecified atom stereocenters. The van der Waals surface area contributed by atoms with E-state index in [0.29, 0.717) is 16.9 Å². The van der Waals surface area contributed by atoms with E-state index in [0.717, 1.165) is 4.47 Å². The standard InChI is InChI=1S/C22H21BrN2O5/c1-4-29-21(27)19-13(2)25(16-9-7-8-15(23)12-16)22(28)24-20(19)17-10-5-6-11-18(17)30-14(3)26/h5-12,20H,4H2,1-3H3,(H,24,28). The molecule has 8 heteroatoms. The van der Waals surface area contributed by atoms with Gasteiger partial charge in [-0.05, 0) is 38.1 Å². The number of benzene rings is 2. The number of halogens is 1. The van der Waals surface area contributed by atoms with Crippen molar-refractivity contribution in [3.05, 3.63) is 69.8 Å². The Balaban J connectivity index is 2.17. The lowest BCUT2D eigenvalue weighted by atomic mass is 9.94. The lowest BCUT2D eigenvalue weighted by Gasteiger charge is -2.35. The number of esters is 2. The molecule has 0 fully saturated rings. The number of rotatable bonds is 5. The number of allylic oxidation sites excluding steroid dienone is 1. The molecule has 30 heavy (non-hydrogen) atoms. The van der Waals surface area contributed by atoms with Crippen LogP contribution in [0.25, 0.3) is 0 Å². The smallest absolute Gasteiger partial charge is 0.338 e. The van der Waals surface area contributed by atoms with Crippen molar-refractivity contribution in [1.29, 1.82) is 0 Å². The Morgan fingerprint density at radius 1 is 1.17 bits per heavy atom. The second kappa shape index (κ2) is 9.13. The normalized spacial score (nSPS) is 16.2. The molecule has 1 aliphatic heterocycles. The zero-order valence-electron chi connectivity index (χ0n) is 16.8. The SMILES string of the molecule is CCOC(=O)C1=C(C)N(c2cccc(Br)c2)C(=O)NC1c1ccccc1OC(C)=O. The minimum Gasteiger partial charge on any atom is -0.463 e. The summed E-state index contributed by atoms with van der Waals surface area (Å²) < 4.78 is 11.4. The van der Waals surface area contributed by atoms with Crippen LogP contribution in [0, 0.1) is 0 Å². The fraction of sp³-hybridized carbons (Fsp3) is 0.227. The van der Waals surface area contributed by atoms with E-state index in [-0.39, 0.29) is 17.9 Å². The molecule has 1 heterocycles. The molecule has 2 aromatic carbocycles. The maximum atomic E-state index is 13.1. The van der Waals surface area contributed by atoms with Gasteiger partial charge in [-0.1, -0.05) is 40.2 Å². The average molecular weight is 473 g/mol. The van der Waals surface area contributed by atoms with E-state index in [9.17, 15) is 14.4 Å². The molecule has 0 radical (unpaired) electrons. The van der Waals surface area contributed by atoms with Gasteiger partial charge in [-0.2, -0.15) is 0 Å². The summed E-state index contributed by atoms with van der Waals surface area (Å²) >= 11 is 3.40. The Morgan fingerprint density at radius 3 is 2.57 bits per heavy atom. The van der Waals surface area contributed by atoms with Gasteiger partial charge in [0.15, 0.2) is 0 Å². The van der Waals surface area contributed by atoms with Gasteiger partial charge in [0, 0.05) is 22.7 Å². The van der Waals surface area contributed by atoms with Crippen LogP contribution in [0.1, 0.15) is 32.4 Å². The maximum absolute atomic E-state index is 13.1. The van der Waals surface area contributed by atoms with Gasteiger partial charge in [0.2, 0.25) is 0 Å². The van der Waals surface area contributed by atoms with E-state index in [4.69, 9.17) is 9.47 Å². The molecular formula is C22H21BrN2O5. The fourth-order valence-corrected chi connectivity index (χ4v) is 3.73. The number of hydrogen-bond donors (Lipinski definition) is 1. The molecule has 0 aliphatic carbocycles. The molecule has 1 N–H and O–H groups in total. The first-order chi connectivity index (χ1) is 14.3. The Kier molecular flexibility index (Phi) is 6.56. The fourth-order valence-electron chi connectivity index (χ4n) is 3.34.